The van der Waals surface area contributed by atoms with Gasteiger partial charge in [-0.2, -0.15) is 0 Å². The van der Waals surface area contributed by atoms with Crippen molar-refractivity contribution in [3.8, 4) is 5.69 Å². The van der Waals surface area contributed by atoms with E-state index in [9.17, 15) is 4.79 Å². The lowest BCUT2D eigenvalue weighted by Gasteiger charge is -2.00. The number of aromatic carboxylic acids is 1. The Hall–Kier alpha value is -1.81. The van der Waals surface area contributed by atoms with Crippen LogP contribution in [-0.4, -0.2) is 20.6 Å². The van der Waals surface area contributed by atoms with Crippen molar-refractivity contribution in [1.82, 2.24) is 9.55 Å². The third-order valence-electron chi connectivity index (χ3n) is 1.91. The van der Waals surface area contributed by atoms with Gasteiger partial charge in [0, 0.05) is 16.9 Å². The normalized spacial score (nSPS) is 10.2. The Bertz CT molecular complexity index is 508. The molecule has 1 aromatic heterocycles. The highest BCUT2D eigenvalue weighted by molar-refractivity contribution is 6.30. The van der Waals surface area contributed by atoms with Crippen molar-refractivity contribution in [3.05, 3.63) is 47.5 Å². The number of carbonyl (C=O) groups is 1. The maximum atomic E-state index is 10.6. The zero-order chi connectivity index (χ0) is 10.8. The van der Waals surface area contributed by atoms with Gasteiger partial charge in [-0.1, -0.05) is 17.7 Å². The summed E-state index contributed by atoms with van der Waals surface area (Å²) in [6, 6.07) is 7.09. The number of hydrogen-bond donors (Lipinski definition) is 1. The van der Waals surface area contributed by atoms with Gasteiger partial charge in [-0.3, -0.25) is 0 Å². The summed E-state index contributed by atoms with van der Waals surface area (Å²) in [4.78, 5) is 14.4. The maximum absolute atomic E-state index is 10.6. The van der Waals surface area contributed by atoms with Crippen LogP contribution in [0.3, 0.4) is 0 Å². The van der Waals surface area contributed by atoms with Crippen LogP contribution in [0, 0.1) is 0 Å². The number of nitrogens with zero attached hydrogens (tertiary/aromatic N) is 2. The van der Waals surface area contributed by atoms with Crippen molar-refractivity contribution >= 4 is 17.6 Å². The molecule has 5 heteroatoms. The first-order valence-electron chi connectivity index (χ1n) is 4.20. The number of imidazole rings is 1. The smallest absolute Gasteiger partial charge is 0.356 e. The third kappa shape index (κ3) is 1.99. The van der Waals surface area contributed by atoms with Crippen molar-refractivity contribution in [2.75, 3.05) is 0 Å². The SMILES string of the molecule is O=C(O)c1cn(-c2cccc(Cl)c2)cn1. The third-order valence-corrected chi connectivity index (χ3v) is 2.14. The topological polar surface area (TPSA) is 55.1 Å². The van der Waals surface area contributed by atoms with Gasteiger partial charge >= 0.3 is 5.97 Å². The molecule has 0 aliphatic carbocycles. The summed E-state index contributed by atoms with van der Waals surface area (Å²) in [7, 11) is 0. The lowest BCUT2D eigenvalue weighted by atomic mass is 10.3. The summed E-state index contributed by atoms with van der Waals surface area (Å²) in [6.45, 7) is 0. The molecule has 0 aliphatic rings. The molecule has 2 rings (SSSR count). The molecular weight excluding hydrogens is 216 g/mol. The summed E-state index contributed by atoms with van der Waals surface area (Å²) in [5, 5.41) is 9.29. The molecule has 0 fully saturated rings. The van der Waals surface area contributed by atoms with Gasteiger partial charge in [-0.15, -0.1) is 0 Å². The predicted molar refractivity (Wildman–Crippen MR) is 55.5 cm³/mol. The van der Waals surface area contributed by atoms with E-state index in [2.05, 4.69) is 4.98 Å². The Kier molecular flexibility index (Phi) is 2.43. The minimum absolute atomic E-state index is 0.00924. The molecule has 0 spiro atoms. The van der Waals surface area contributed by atoms with Gasteiger partial charge < -0.3 is 9.67 Å². The van der Waals surface area contributed by atoms with Gasteiger partial charge in [0.05, 0.1) is 0 Å². The van der Waals surface area contributed by atoms with Crippen LogP contribution in [0.4, 0.5) is 0 Å². The van der Waals surface area contributed by atoms with E-state index in [1.54, 1.807) is 22.8 Å². The van der Waals surface area contributed by atoms with E-state index in [-0.39, 0.29) is 5.69 Å². The lowest BCUT2D eigenvalue weighted by molar-refractivity contribution is 0.0691. The number of rotatable bonds is 2. The van der Waals surface area contributed by atoms with Crippen molar-refractivity contribution in [2.24, 2.45) is 0 Å². The number of aromatic nitrogens is 2. The van der Waals surface area contributed by atoms with Gasteiger partial charge in [0.15, 0.2) is 5.69 Å². The van der Waals surface area contributed by atoms with Crippen LogP contribution in [0.15, 0.2) is 36.8 Å². The molecule has 76 valence electrons. The van der Waals surface area contributed by atoms with E-state index in [0.29, 0.717) is 5.02 Å². The van der Waals surface area contributed by atoms with Crippen molar-refractivity contribution < 1.29 is 9.90 Å². The van der Waals surface area contributed by atoms with Crippen molar-refractivity contribution in [2.45, 2.75) is 0 Å². The van der Waals surface area contributed by atoms with E-state index >= 15 is 0 Å². The Balaban J connectivity index is 2.41. The fourth-order valence-electron chi connectivity index (χ4n) is 1.21. The van der Waals surface area contributed by atoms with Crippen LogP contribution >= 0.6 is 11.6 Å². The second kappa shape index (κ2) is 3.74. The zero-order valence-corrected chi connectivity index (χ0v) is 8.35. The van der Waals surface area contributed by atoms with E-state index in [1.165, 1.54) is 12.5 Å². The predicted octanol–water partition coefficient (Wildman–Crippen LogP) is 2.22. The molecule has 0 bridgehead atoms. The Labute approximate surface area is 90.8 Å². The summed E-state index contributed by atoms with van der Waals surface area (Å²) in [5.41, 5.74) is 0.789. The van der Waals surface area contributed by atoms with Crippen molar-refractivity contribution in [1.29, 1.82) is 0 Å². The van der Waals surface area contributed by atoms with Crippen LogP contribution in [0.1, 0.15) is 10.5 Å². The highest BCUT2D eigenvalue weighted by Crippen LogP contribution is 2.14. The molecule has 2 aromatic rings. The fourth-order valence-corrected chi connectivity index (χ4v) is 1.40. The number of benzene rings is 1. The highest BCUT2D eigenvalue weighted by atomic mass is 35.5. The molecule has 1 aromatic carbocycles. The maximum Gasteiger partial charge on any atom is 0.356 e. The standard InChI is InChI=1S/C10H7ClN2O2/c11-7-2-1-3-8(4-7)13-5-9(10(14)15)12-6-13/h1-6H,(H,14,15). The Morgan fingerprint density at radius 3 is 2.87 bits per heavy atom. The lowest BCUT2D eigenvalue weighted by Crippen LogP contribution is -1.95. The first-order valence-corrected chi connectivity index (χ1v) is 4.58. The molecule has 0 unspecified atom stereocenters. The second-order valence-corrected chi connectivity index (χ2v) is 3.39. The summed E-state index contributed by atoms with van der Waals surface area (Å²) in [5.74, 6) is -1.05. The van der Waals surface area contributed by atoms with Gasteiger partial charge in [0.2, 0.25) is 0 Å². The van der Waals surface area contributed by atoms with E-state index in [1.807, 2.05) is 6.07 Å². The molecule has 0 amide bonds. The van der Waals surface area contributed by atoms with Crippen molar-refractivity contribution in [3.63, 3.8) is 0 Å². The molecular formula is C10H7ClN2O2. The first kappa shape index (κ1) is 9.73. The van der Waals surface area contributed by atoms with Crippen LogP contribution in [0.25, 0.3) is 5.69 Å². The molecule has 0 saturated heterocycles. The molecule has 0 radical (unpaired) electrons. The van der Waals surface area contributed by atoms with E-state index in [4.69, 9.17) is 16.7 Å². The average Bonchev–Trinajstić information content (AvgIpc) is 2.66. The van der Waals surface area contributed by atoms with Gasteiger partial charge in [0.1, 0.15) is 6.33 Å². The number of carboxylic acid groups (broad SMARTS) is 1. The average molecular weight is 223 g/mol. The summed E-state index contributed by atoms with van der Waals surface area (Å²) in [6.07, 6.45) is 2.88. The molecule has 0 atom stereocenters. The minimum Gasteiger partial charge on any atom is -0.476 e. The molecule has 0 aliphatic heterocycles. The van der Waals surface area contributed by atoms with E-state index < -0.39 is 5.97 Å². The molecule has 4 nitrogen and oxygen atoms in total. The van der Waals surface area contributed by atoms with Crippen LogP contribution in [0.5, 0.6) is 0 Å². The quantitative estimate of drug-likeness (QED) is 0.848. The van der Waals surface area contributed by atoms with Crippen LogP contribution in [0.2, 0.25) is 5.02 Å². The Morgan fingerprint density at radius 1 is 1.47 bits per heavy atom. The largest absolute Gasteiger partial charge is 0.476 e. The monoisotopic (exact) mass is 222 g/mol. The minimum atomic E-state index is -1.05. The van der Waals surface area contributed by atoms with Gasteiger partial charge in [0.25, 0.3) is 0 Å². The molecule has 0 saturated carbocycles. The molecule has 1 heterocycles. The fraction of sp³-hybridized carbons (Fsp3) is 0. The van der Waals surface area contributed by atoms with Crippen LogP contribution in [-0.2, 0) is 0 Å². The van der Waals surface area contributed by atoms with Gasteiger partial charge in [-0.05, 0) is 18.2 Å². The molecule has 15 heavy (non-hydrogen) atoms. The zero-order valence-electron chi connectivity index (χ0n) is 7.59. The summed E-state index contributed by atoms with van der Waals surface area (Å²) >= 11 is 5.81. The number of carboxylic acids is 1. The second-order valence-electron chi connectivity index (χ2n) is 2.95. The first-order chi connectivity index (χ1) is 7.16. The number of hydrogen-bond acceptors (Lipinski definition) is 2. The van der Waals surface area contributed by atoms with Crippen LogP contribution < -0.4 is 0 Å². The Morgan fingerprint density at radius 2 is 2.27 bits per heavy atom. The highest BCUT2D eigenvalue weighted by Gasteiger charge is 2.07. The van der Waals surface area contributed by atoms with Gasteiger partial charge in [-0.25, -0.2) is 9.78 Å². The number of halogens is 1. The molecule has 1 N–H and O–H groups in total. The summed E-state index contributed by atoms with van der Waals surface area (Å²) < 4.78 is 1.61. The van der Waals surface area contributed by atoms with E-state index in [0.717, 1.165) is 5.69 Å².